The van der Waals surface area contributed by atoms with E-state index in [1.54, 1.807) is 11.0 Å². The molecule has 0 radical (unpaired) electrons. The lowest BCUT2D eigenvalue weighted by Gasteiger charge is -2.21. The maximum absolute atomic E-state index is 11.4. The van der Waals surface area contributed by atoms with Gasteiger partial charge < -0.3 is 10.2 Å². The summed E-state index contributed by atoms with van der Waals surface area (Å²) in [4.78, 5) is 20.2. The SMILES string of the molecule is C=CCNc1ncnc(N(CCC#N)CCC#N)c1[N+](=O)[O-]. The van der Waals surface area contributed by atoms with E-state index in [2.05, 4.69) is 21.9 Å². The Morgan fingerprint density at radius 2 is 2.00 bits per heavy atom. The normalized spacial score (nSPS) is 9.36. The van der Waals surface area contributed by atoms with Crippen LogP contribution in [0.25, 0.3) is 0 Å². The largest absolute Gasteiger partial charge is 0.361 e. The lowest BCUT2D eigenvalue weighted by Crippen LogP contribution is -2.27. The van der Waals surface area contributed by atoms with E-state index in [9.17, 15) is 10.1 Å². The molecular formula is C13H15N7O2. The van der Waals surface area contributed by atoms with Gasteiger partial charge in [-0.05, 0) is 0 Å². The second kappa shape index (κ2) is 8.87. The Morgan fingerprint density at radius 1 is 1.36 bits per heavy atom. The van der Waals surface area contributed by atoms with Crippen LogP contribution in [0.1, 0.15) is 12.8 Å². The Morgan fingerprint density at radius 3 is 2.50 bits per heavy atom. The van der Waals surface area contributed by atoms with Crippen molar-refractivity contribution in [3.8, 4) is 12.1 Å². The molecule has 0 aliphatic rings. The molecule has 22 heavy (non-hydrogen) atoms. The van der Waals surface area contributed by atoms with Crippen LogP contribution < -0.4 is 10.2 Å². The van der Waals surface area contributed by atoms with Gasteiger partial charge in [0.25, 0.3) is 0 Å². The highest BCUT2D eigenvalue weighted by molar-refractivity contribution is 5.70. The van der Waals surface area contributed by atoms with Gasteiger partial charge in [0.2, 0.25) is 11.6 Å². The number of nitrogens with one attached hydrogen (secondary N) is 1. The second-order valence-electron chi connectivity index (χ2n) is 4.12. The number of hydrogen-bond donors (Lipinski definition) is 1. The van der Waals surface area contributed by atoms with Crippen LogP contribution in [0.3, 0.4) is 0 Å². The molecule has 1 rings (SSSR count). The van der Waals surface area contributed by atoms with Crippen molar-refractivity contribution in [1.82, 2.24) is 9.97 Å². The molecule has 0 aromatic carbocycles. The minimum absolute atomic E-state index is 0.0776. The molecule has 0 amide bonds. The molecule has 0 unspecified atom stereocenters. The van der Waals surface area contributed by atoms with Gasteiger partial charge in [0.05, 0.1) is 29.9 Å². The van der Waals surface area contributed by atoms with E-state index in [-0.39, 0.29) is 43.3 Å². The summed E-state index contributed by atoms with van der Waals surface area (Å²) in [6, 6.07) is 3.95. The van der Waals surface area contributed by atoms with Crippen molar-refractivity contribution >= 4 is 17.3 Å². The van der Waals surface area contributed by atoms with E-state index in [1.165, 1.54) is 6.33 Å². The summed E-state index contributed by atoms with van der Waals surface area (Å²) < 4.78 is 0. The highest BCUT2D eigenvalue weighted by atomic mass is 16.6. The topological polar surface area (TPSA) is 132 Å². The smallest absolute Gasteiger partial charge is 0.353 e. The van der Waals surface area contributed by atoms with Gasteiger partial charge in [-0.1, -0.05) is 6.08 Å². The monoisotopic (exact) mass is 301 g/mol. The number of hydrogen-bond acceptors (Lipinski definition) is 8. The molecule has 0 aliphatic heterocycles. The summed E-state index contributed by atoms with van der Waals surface area (Å²) in [5.41, 5.74) is -0.278. The van der Waals surface area contributed by atoms with Crippen molar-refractivity contribution in [3.63, 3.8) is 0 Å². The van der Waals surface area contributed by atoms with Gasteiger partial charge in [-0.15, -0.1) is 6.58 Å². The molecule has 1 aromatic rings. The summed E-state index contributed by atoms with van der Waals surface area (Å²) in [6.45, 7) is 4.34. The average molecular weight is 301 g/mol. The second-order valence-corrected chi connectivity index (χ2v) is 4.12. The molecule has 0 bridgehead atoms. The summed E-state index contributed by atoms with van der Waals surface area (Å²) in [5, 5.41) is 31.6. The summed E-state index contributed by atoms with van der Waals surface area (Å²) in [7, 11) is 0. The van der Waals surface area contributed by atoms with E-state index in [4.69, 9.17) is 10.5 Å². The first-order chi connectivity index (χ1) is 10.7. The van der Waals surface area contributed by atoms with Gasteiger partial charge >= 0.3 is 5.69 Å². The number of rotatable bonds is 9. The van der Waals surface area contributed by atoms with Crippen molar-refractivity contribution in [2.24, 2.45) is 0 Å². The van der Waals surface area contributed by atoms with Crippen molar-refractivity contribution in [1.29, 1.82) is 10.5 Å². The standard InChI is InChI=1S/C13H15N7O2/c1-2-7-16-12-11(20(21)22)13(18-10-17-12)19(8-3-5-14)9-4-6-15/h2,10H,1,3-4,7-9H2,(H,16,17,18). The fourth-order valence-corrected chi connectivity index (χ4v) is 1.76. The van der Waals surface area contributed by atoms with Crippen molar-refractivity contribution in [3.05, 3.63) is 29.1 Å². The molecular weight excluding hydrogens is 286 g/mol. The van der Waals surface area contributed by atoms with Crippen molar-refractivity contribution in [2.45, 2.75) is 12.8 Å². The van der Waals surface area contributed by atoms with Crippen LogP contribution in [-0.2, 0) is 0 Å². The Hall–Kier alpha value is -3.20. The first-order valence-corrected chi connectivity index (χ1v) is 6.48. The zero-order valence-electron chi connectivity index (χ0n) is 11.9. The van der Waals surface area contributed by atoms with Crippen LogP contribution >= 0.6 is 0 Å². The fraction of sp³-hybridized carbons (Fsp3) is 0.385. The molecule has 1 aromatic heterocycles. The van der Waals surface area contributed by atoms with E-state index >= 15 is 0 Å². The van der Waals surface area contributed by atoms with Crippen LogP contribution in [0.5, 0.6) is 0 Å². The zero-order chi connectivity index (χ0) is 16.4. The van der Waals surface area contributed by atoms with E-state index in [0.29, 0.717) is 6.54 Å². The highest BCUT2D eigenvalue weighted by Crippen LogP contribution is 2.31. The van der Waals surface area contributed by atoms with E-state index < -0.39 is 4.92 Å². The first-order valence-electron chi connectivity index (χ1n) is 6.48. The molecule has 0 atom stereocenters. The van der Waals surface area contributed by atoms with Crippen molar-refractivity contribution < 1.29 is 4.92 Å². The molecule has 0 aliphatic carbocycles. The quantitative estimate of drug-likeness (QED) is 0.413. The minimum Gasteiger partial charge on any atom is -0.361 e. The Bertz CT molecular complexity index is 600. The first kappa shape index (κ1) is 16.9. The number of nitriles is 2. The predicted molar refractivity (Wildman–Crippen MR) is 80.0 cm³/mol. The number of aromatic nitrogens is 2. The molecule has 9 nitrogen and oxygen atoms in total. The van der Waals surface area contributed by atoms with Crippen LogP contribution in [0.15, 0.2) is 19.0 Å². The van der Waals surface area contributed by atoms with Gasteiger partial charge in [-0.25, -0.2) is 9.97 Å². The highest BCUT2D eigenvalue weighted by Gasteiger charge is 2.26. The maximum Gasteiger partial charge on any atom is 0.353 e. The molecule has 114 valence electrons. The zero-order valence-corrected chi connectivity index (χ0v) is 11.9. The summed E-state index contributed by atoms with van der Waals surface area (Å²) in [6.07, 6.45) is 3.10. The third kappa shape index (κ3) is 4.42. The molecule has 0 spiro atoms. The number of nitrogens with zero attached hydrogens (tertiary/aromatic N) is 6. The van der Waals surface area contributed by atoms with Crippen molar-refractivity contribution in [2.75, 3.05) is 29.9 Å². The Balaban J connectivity index is 3.22. The lowest BCUT2D eigenvalue weighted by atomic mass is 10.3. The summed E-state index contributed by atoms with van der Waals surface area (Å²) >= 11 is 0. The fourth-order valence-electron chi connectivity index (χ4n) is 1.76. The van der Waals surface area contributed by atoms with E-state index in [1.807, 2.05) is 12.1 Å². The van der Waals surface area contributed by atoms with Gasteiger partial charge in [0.15, 0.2) is 0 Å². The maximum atomic E-state index is 11.4. The summed E-state index contributed by atoms with van der Waals surface area (Å²) in [5.74, 6) is 0.172. The average Bonchev–Trinajstić information content (AvgIpc) is 2.52. The minimum atomic E-state index is -0.577. The molecule has 9 heteroatoms. The number of anilines is 2. The lowest BCUT2D eigenvalue weighted by molar-refractivity contribution is -0.383. The van der Waals surface area contributed by atoms with Gasteiger partial charge in [-0.3, -0.25) is 10.1 Å². The van der Waals surface area contributed by atoms with Gasteiger partial charge in [0, 0.05) is 19.6 Å². The van der Waals surface area contributed by atoms with Crippen LogP contribution in [0, 0.1) is 32.8 Å². The predicted octanol–water partition coefficient (Wildman–Crippen LogP) is 1.62. The van der Waals surface area contributed by atoms with Gasteiger partial charge in [0.1, 0.15) is 6.33 Å². The van der Waals surface area contributed by atoms with Crippen LogP contribution in [-0.4, -0.2) is 34.5 Å². The van der Waals surface area contributed by atoms with E-state index in [0.717, 1.165) is 0 Å². The Kier molecular flexibility index (Phi) is 6.79. The number of nitro groups is 1. The van der Waals surface area contributed by atoms with Crippen LogP contribution in [0.2, 0.25) is 0 Å². The third-order valence-electron chi connectivity index (χ3n) is 2.69. The van der Waals surface area contributed by atoms with Gasteiger partial charge in [-0.2, -0.15) is 10.5 Å². The molecule has 1 N–H and O–H groups in total. The van der Waals surface area contributed by atoms with Crippen LogP contribution in [0.4, 0.5) is 17.3 Å². The molecule has 0 saturated carbocycles. The molecule has 0 fully saturated rings. The molecule has 1 heterocycles. The third-order valence-corrected chi connectivity index (χ3v) is 2.69. The Labute approximate surface area is 127 Å². The molecule has 0 saturated heterocycles.